The molecular formula is C9H10F3N3O3S2. The number of halogens is 3. The van der Waals surface area contributed by atoms with Gasteiger partial charge in [0.15, 0.2) is 10.8 Å². The molecule has 112 valence electrons. The van der Waals surface area contributed by atoms with Gasteiger partial charge in [-0.25, -0.2) is 18.5 Å². The van der Waals surface area contributed by atoms with Crippen molar-refractivity contribution in [1.29, 1.82) is 0 Å². The molecule has 20 heavy (non-hydrogen) atoms. The molecule has 1 fully saturated rings. The van der Waals surface area contributed by atoms with Crippen molar-refractivity contribution in [3.05, 3.63) is 11.1 Å². The van der Waals surface area contributed by atoms with Gasteiger partial charge in [-0.1, -0.05) is 0 Å². The number of carbonyl (C=O) groups is 1. The lowest BCUT2D eigenvalue weighted by Crippen LogP contribution is -2.27. The van der Waals surface area contributed by atoms with Crippen LogP contribution in [-0.2, 0) is 21.0 Å². The topological polar surface area (TPSA) is 93.4 Å². The summed E-state index contributed by atoms with van der Waals surface area (Å²) in [5, 5.41) is 5.62. The van der Waals surface area contributed by atoms with E-state index >= 15 is 0 Å². The highest BCUT2D eigenvalue weighted by atomic mass is 32.2. The lowest BCUT2D eigenvalue weighted by atomic mass is 10.1. The van der Waals surface area contributed by atoms with Crippen molar-refractivity contribution in [2.75, 3.05) is 17.2 Å². The van der Waals surface area contributed by atoms with E-state index in [1.165, 1.54) is 0 Å². The second kappa shape index (κ2) is 4.97. The number of nitrogens with two attached hydrogens (primary N) is 1. The third-order valence-electron chi connectivity index (χ3n) is 2.69. The van der Waals surface area contributed by atoms with Crippen molar-refractivity contribution in [3.63, 3.8) is 0 Å². The van der Waals surface area contributed by atoms with Crippen LogP contribution in [0.5, 0.6) is 0 Å². The molecule has 1 aliphatic heterocycles. The third kappa shape index (κ3) is 3.46. The first kappa shape index (κ1) is 15.2. The molecule has 2 rings (SSSR count). The highest BCUT2D eigenvalue weighted by molar-refractivity contribution is 7.89. The molecular weight excluding hydrogens is 319 g/mol. The average Bonchev–Trinajstić information content (AvgIpc) is 2.81. The standard InChI is InChI=1S/C9H10F3N3O3S2/c10-9(11,12)6-3-19-8(14-6)15-2-5(1-7(15)16)4-20(13,17)18/h3,5H,1-2,4H2,(H2,13,17,18). The van der Waals surface area contributed by atoms with Gasteiger partial charge in [0.1, 0.15) is 0 Å². The first-order valence-electron chi connectivity index (χ1n) is 5.40. The summed E-state index contributed by atoms with van der Waals surface area (Å²) in [7, 11) is -3.73. The van der Waals surface area contributed by atoms with E-state index in [2.05, 4.69) is 4.98 Å². The van der Waals surface area contributed by atoms with E-state index in [-0.39, 0.29) is 23.8 Å². The molecule has 1 aromatic heterocycles. The molecule has 1 unspecified atom stereocenters. The molecule has 2 heterocycles. The molecule has 0 radical (unpaired) electrons. The number of alkyl halides is 3. The molecule has 11 heteroatoms. The molecule has 0 bridgehead atoms. The van der Waals surface area contributed by atoms with Crippen molar-refractivity contribution < 1.29 is 26.4 Å². The second-order valence-electron chi connectivity index (χ2n) is 4.42. The molecule has 6 nitrogen and oxygen atoms in total. The van der Waals surface area contributed by atoms with E-state index in [4.69, 9.17) is 5.14 Å². The van der Waals surface area contributed by atoms with Crippen LogP contribution in [0.15, 0.2) is 5.38 Å². The van der Waals surface area contributed by atoms with Crippen molar-refractivity contribution in [1.82, 2.24) is 4.98 Å². The van der Waals surface area contributed by atoms with E-state index < -0.39 is 33.7 Å². The second-order valence-corrected chi connectivity index (χ2v) is 6.91. The lowest BCUT2D eigenvalue weighted by molar-refractivity contribution is -0.140. The van der Waals surface area contributed by atoms with E-state index in [9.17, 15) is 26.4 Å². The molecule has 1 saturated heterocycles. The Hall–Kier alpha value is -1.20. The molecule has 0 spiro atoms. The summed E-state index contributed by atoms with van der Waals surface area (Å²) >= 11 is 0.691. The number of primary sulfonamides is 1. The van der Waals surface area contributed by atoms with Crippen LogP contribution in [0, 0.1) is 5.92 Å². The Morgan fingerprint density at radius 3 is 2.65 bits per heavy atom. The van der Waals surface area contributed by atoms with Gasteiger partial charge in [0.2, 0.25) is 15.9 Å². The maximum Gasteiger partial charge on any atom is 0.434 e. The first-order valence-corrected chi connectivity index (χ1v) is 7.99. The summed E-state index contributed by atoms with van der Waals surface area (Å²) < 4.78 is 59.2. The van der Waals surface area contributed by atoms with Crippen LogP contribution in [0.3, 0.4) is 0 Å². The Morgan fingerprint density at radius 2 is 2.15 bits per heavy atom. The van der Waals surface area contributed by atoms with Crippen LogP contribution in [0.25, 0.3) is 0 Å². The predicted octanol–water partition coefficient (Wildman–Crippen LogP) is 0.803. The number of rotatable bonds is 3. The Bertz CT molecular complexity index is 626. The molecule has 1 amide bonds. The van der Waals surface area contributed by atoms with E-state index in [0.29, 0.717) is 11.3 Å². The van der Waals surface area contributed by atoms with Gasteiger partial charge in [-0.15, -0.1) is 11.3 Å². The highest BCUT2D eigenvalue weighted by Crippen LogP contribution is 2.35. The summed E-state index contributed by atoms with van der Waals surface area (Å²) in [4.78, 5) is 16.1. The van der Waals surface area contributed by atoms with Crippen LogP contribution < -0.4 is 10.0 Å². The SMILES string of the molecule is NS(=O)(=O)CC1CC(=O)N(c2nc(C(F)(F)F)cs2)C1. The van der Waals surface area contributed by atoms with Gasteiger partial charge in [-0.2, -0.15) is 13.2 Å². The van der Waals surface area contributed by atoms with Crippen molar-refractivity contribution >= 4 is 32.4 Å². The summed E-state index contributed by atoms with van der Waals surface area (Å²) in [5.41, 5.74) is -1.07. The monoisotopic (exact) mass is 329 g/mol. The number of thiazole rings is 1. The number of nitrogens with zero attached hydrogens (tertiary/aromatic N) is 2. The number of hydrogen-bond donors (Lipinski definition) is 1. The molecule has 0 aromatic carbocycles. The first-order chi connectivity index (χ1) is 9.06. The lowest BCUT2D eigenvalue weighted by Gasteiger charge is -2.12. The van der Waals surface area contributed by atoms with Crippen molar-refractivity contribution in [2.24, 2.45) is 11.1 Å². The quantitative estimate of drug-likeness (QED) is 0.888. The van der Waals surface area contributed by atoms with E-state index in [1.54, 1.807) is 0 Å². The Kier molecular flexibility index (Phi) is 3.77. The largest absolute Gasteiger partial charge is 0.434 e. The van der Waals surface area contributed by atoms with Crippen molar-refractivity contribution in [3.8, 4) is 0 Å². The molecule has 1 atom stereocenters. The number of amides is 1. The minimum absolute atomic E-state index is 0.0000732. The zero-order valence-electron chi connectivity index (χ0n) is 9.92. The van der Waals surface area contributed by atoms with Gasteiger partial charge in [0, 0.05) is 24.3 Å². The molecule has 1 aliphatic rings. The zero-order valence-corrected chi connectivity index (χ0v) is 11.6. The number of aromatic nitrogens is 1. The maximum atomic E-state index is 12.4. The van der Waals surface area contributed by atoms with Gasteiger partial charge < -0.3 is 0 Å². The number of hydrogen-bond acceptors (Lipinski definition) is 5. The van der Waals surface area contributed by atoms with Gasteiger partial charge >= 0.3 is 6.18 Å². The smallest absolute Gasteiger partial charge is 0.288 e. The fourth-order valence-electron chi connectivity index (χ4n) is 1.93. The highest BCUT2D eigenvalue weighted by Gasteiger charge is 2.38. The van der Waals surface area contributed by atoms with Crippen LogP contribution in [0.1, 0.15) is 12.1 Å². The van der Waals surface area contributed by atoms with Gasteiger partial charge in [0.25, 0.3) is 0 Å². The van der Waals surface area contributed by atoms with Crippen LogP contribution in [0.2, 0.25) is 0 Å². The number of anilines is 1. The normalized spacial score (nSPS) is 20.7. The molecule has 0 saturated carbocycles. The Balaban J connectivity index is 2.14. The van der Waals surface area contributed by atoms with Gasteiger partial charge in [0.05, 0.1) is 5.75 Å². The third-order valence-corrected chi connectivity index (χ3v) is 4.49. The molecule has 1 aromatic rings. The minimum atomic E-state index is -4.57. The van der Waals surface area contributed by atoms with E-state index in [0.717, 1.165) is 10.3 Å². The number of sulfonamides is 1. The van der Waals surface area contributed by atoms with Crippen LogP contribution in [-0.4, -0.2) is 31.6 Å². The van der Waals surface area contributed by atoms with Gasteiger partial charge in [-0.05, 0) is 0 Å². The van der Waals surface area contributed by atoms with Crippen LogP contribution >= 0.6 is 11.3 Å². The summed E-state index contributed by atoms with van der Waals surface area (Å²) in [6.45, 7) is 0.0000732. The summed E-state index contributed by atoms with van der Waals surface area (Å²) in [5.74, 6) is -1.37. The van der Waals surface area contributed by atoms with Gasteiger partial charge in [-0.3, -0.25) is 9.69 Å². The molecule has 0 aliphatic carbocycles. The zero-order chi connectivity index (χ0) is 15.1. The average molecular weight is 329 g/mol. The maximum absolute atomic E-state index is 12.4. The van der Waals surface area contributed by atoms with E-state index in [1.807, 2.05) is 0 Å². The fourth-order valence-corrected chi connectivity index (χ4v) is 3.66. The summed E-state index contributed by atoms with van der Waals surface area (Å²) in [6.07, 6.45) is -4.64. The van der Waals surface area contributed by atoms with Crippen molar-refractivity contribution in [2.45, 2.75) is 12.6 Å². The Labute approximate surface area is 116 Å². The summed E-state index contributed by atoms with van der Waals surface area (Å²) in [6, 6.07) is 0. The minimum Gasteiger partial charge on any atom is -0.288 e. The fraction of sp³-hybridized carbons (Fsp3) is 0.556. The Morgan fingerprint density at radius 1 is 1.50 bits per heavy atom. The number of carbonyl (C=O) groups excluding carboxylic acids is 1. The van der Waals surface area contributed by atoms with Crippen LogP contribution in [0.4, 0.5) is 18.3 Å². The predicted molar refractivity (Wildman–Crippen MR) is 65.6 cm³/mol. The molecule has 2 N–H and O–H groups in total.